The van der Waals surface area contributed by atoms with Crippen molar-refractivity contribution in [3.8, 4) is 0 Å². The minimum absolute atomic E-state index is 0.0781. The molecule has 1 spiro atoms. The molecular weight excluding hydrogens is 270 g/mol. The standard InChI is InChI=1S/C15H21N3O3/c1-11-7-13(19)17(2)8-12(11)16-14(20)18-5-6-21-10-15(9-18)3-4-15/h7-8H,3-6,9-10H2,1-2H3,(H,16,20). The summed E-state index contributed by atoms with van der Waals surface area (Å²) in [6, 6.07) is 1.41. The van der Waals surface area contributed by atoms with Crippen LogP contribution in [0.4, 0.5) is 10.5 Å². The molecule has 114 valence electrons. The van der Waals surface area contributed by atoms with E-state index in [2.05, 4.69) is 5.32 Å². The van der Waals surface area contributed by atoms with Gasteiger partial charge in [0.05, 0.1) is 18.9 Å². The van der Waals surface area contributed by atoms with Crippen LogP contribution in [0.3, 0.4) is 0 Å². The molecule has 21 heavy (non-hydrogen) atoms. The van der Waals surface area contributed by atoms with Gasteiger partial charge in [0.2, 0.25) is 0 Å². The Bertz CT molecular complexity index is 619. The monoisotopic (exact) mass is 291 g/mol. The average molecular weight is 291 g/mol. The zero-order valence-electron chi connectivity index (χ0n) is 12.5. The van der Waals surface area contributed by atoms with E-state index in [-0.39, 0.29) is 17.0 Å². The number of carbonyl (C=O) groups excluding carboxylic acids is 1. The number of rotatable bonds is 1. The van der Waals surface area contributed by atoms with E-state index < -0.39 is 0 Å². The molecule has 1 saturated carbocycles. The normalized spacial score (nSPS) is 20.2. The third kappa shape index (κ3) is 2.95. The van der Waals surface area contributed by atoms with Gasteiger partial charge < -0.3 is 19.5 Å². The summed E-state index contributed by atoms with van der Waals surface area (Å²) in [7, 11) is 1.68. The van der Waals surface area contributed by atoms with Gasteiger partial charge in [-0.1, -0.05) is 0 Å². The van der Waals surface area contributed by atoms with E-state index >= 15 is 0 Å². The van der Waals surface area contributed by atoms with E-state index in [4.69, 9.17) is 4.74 Å². The third-order valence-corrected chi connectivity index (χ3v) is 4.36. The largest absolute Gasteiger partial charge is 0.379 e. The van der Waals surface area contributed by atoms with Crippen LogP contribution in [-0.2, 0) is 11.8 Å². The highest BCUT2D eigenvalue weighted by molar-refractivity contribution is 5.90. The number of nitrogens with one attached hydrogen (secondary N) is 1. The SMILES string of the molecule is Cc1cc(=O)n(C)cc1NC(=O)N1CCOCC2(CC2)C1. The summed E-state index contributed by atoms with van der Waals surface area (Å²) in [5.74, 6) is 0. The molecule has 2 amide bonds. The van der Waals surface area contributed by atoms with Crippen molar-refractivity contribution < 1.29 is 9.53 Å². The first kappa shape index (κ1) is 14.1. The van der Waals surface area contributed by atoms with E-state index in [0.717, 1.165) is 31.6 Å². The predicted octanol–water partition coefficient (Wildman–Crippen LogP) is 1.34. The number of aryl methyl sites for hydroxylation is 2. The summed E-state index contributed by atoms with van der Waals surface area (Å²) in [5, 5.41) is 2.91. The maximum atomic E-state index is 12.5. The molecule has 0 unspecified atom stereocenters. The van der Waals surface area contributed by atoms with Gasteiger partial charge in [0.15, 0.2) is 0 Å². The number of anilines is 1. The molecule has 0 radical (unpaired) electrons. The second-order valence-electron chi connectivity index (χ2n) is 6.22. The van der Waals surface area contributed by atoms with Crippen molar-refractivity contribution in [1.29, 1.82) is 0 Å². The van der Waals surface area contributed by atoms with Crippen LogP contribution < -0.4 is 10.9 Å². The minimum Gasteiger partial charge on any atom is -0.379 e. The fourth-order valence-corrected chi connectivity index (χ4v) is 2.69. The number of ether oxygens (including phenoxy) is 1. The van der Waals surface area contributed by atoms with E-state index in [0.29, 0.717) is 18.8 Å². The second kappa shape index (κ2) is 5.18. The van der Waals surface area contributed by atoms with E-state index in [1.54, 1.807) is 13.2 Å². The van der Waals surface area contributed by atoms with Gasteiger partial charge in [0.25, 0.3) is 5.56 Å². The Morgan fingerprint density at radius 1 is 1.43 bits per heavy atom. The Kier molecular flexibility index (Phi) is 3.49. The highest BCUT2D eigenvalue weighted by atomic mass is 16.5. The van der Waals surface area contributed by atoms with E-state index in [1.165, 1.54) is 10.6 Å². The lowest BCUT2D eigenvalue weighted by molar-refractivity contribution is 0.115. The molecule has 1 aromatic rings. The molecule has 1 aromatic heterocycles. The molecule has 2 heterocycles. The first-order valence-corrected chi connectivity index (χ1v) is 7.30. The Morgan fingerprint density at radius 2 is 2.19 bits per heavy atom. The molecule has 1 saturated heterocycles. The smallest absolute Gasteiger partial charge is 0.321 e. The number of urea groups is 1. The summed E-state index contributed by atoms with van der Waals surface area (Å²) < 4.78 is 7.06. The quantitative estimate of drug-likeness (QED) is 0.849. The topological polar surface area (TPSA) is 63.6 Å². The lowest BCUT2D eigenvalue weighted by Gasteiger charge is -2.24. The number of nitrogens with zero attached hydrogens (tertiary/aromatic N) is 2. The van der Waals surface area contributed by atoms with Crippen LogP contribution >= 0.6 is 0 Å². The first-order chi connectivity index (χ1) is 9.99. The molecule has 1 aliphatic carbocycles. The van der Waals surface area contributed by atoms with Crippen LogP contribution in [0.2, 0.25) is 0 Å². The molecule has 6 nitrogen and oxygen atoms in total. The van der Waals surface area contributed by atoms with Crippen molar-refractivity contribution in [2.24, 2.45) is 12.5 Å². The average Bonchev–Trinajstić information content (AvgIpc) is 3.23. The van der Waals surface area contributed by atoms with Gasteiger partial charge in [-0.15, -0.1) is 0 Å². The van der Waals surface area contributed by atoms with Gasteiger partial charge in [-0.3, -0.25) is 4.79 Å². The van der Waals surface area contributed by atoms with Crippen molar-refractivity contribution in [3.05, 3.63) is 28.2 Å². The number of amides is 2. The highest BCUT2D eigenvalue weighted by Crippen LogP contribution is 2.47. The van der Waals surface area contributed by atoms with Crippen LogP contribution in [0.5, 0.6) is 0 Å². The summed E-state index contributed by atoms with van der Waals surface area (Å²) in [5.41, 5.74) is 1.56. The van der Waals surface area contributed by atoms with Gasteiger partial charge in [-0.2, -0.15) is 0 Å². The van der Waals surface area contributed by atoms with Crippen LogP contribution in [0.1, 0.15) is 18.4 Å². The van der Waals surface area contributed by atoms with Crippen molar-refractivity contribution in [3.63, 3.8) is 0 Å². The molecule has 0 atom stereocenters. The third-order valence-electron chi connectivity index (χ3n) is 4.36. The van der Waals surface area contributed by atoms with Crippen LogP contribution in [0, 0.1) is 12.3 Å². The second-order valence-corrected chi connectivity index (χ2v) is 6.22. The molecule has 1 aliphatic heterocycles. The number of carbonyl (C=O) groups is 1. The molecule has 0 bridgehead atoms. The van der Waals surface area contributed by atoms with Crippen LogP contribution in [0.15, 0.2) is 17.1 Å². The van der Waals surface area contributed by atoms with Crippen molar-refractivity contribution in [2.45, 2.75) is 19.8 Å². The number of hydrogen-bond donors (Lipinski definition) is 1. The van der Waals surface area contributed by atoms with Crippen LogP contribution in [0.25, 0.3) is 0 Å². The maximum absolute atomic E-state index is 12.5. The molecular formula is C15H21N3O3. The maximum Gasteiger partial charge on any atom is 0.321 e. The van der Waals surface area contributed by atoms with Gasteiger partial charge in [-0.25, -0.2) is 4.79 Å². The number of hydrogen-bond acceptors (Lipinski definition) is 3. The van der Waals surface area contributed by atoms with Gasteiger partial charge in [-0.05, 0) is 25.3 Å². The zero-order valence-corrected chi connectivity index (χ0v) is 12.5. The summed E-state index contributed by atoms with van der Waals surface area (Å²) in [4.78, 5) is 25.8. The van der Waals surface area contributed by atoms with E-state index in [9.17, 15) is 9.59 Å². The predicted molar refractivity (Wildman–Crippen MR) is 79.5 cm³/mol. The fourth-order valence-electron chi connectivity index (χ4n) is 2.69. The molecule has 1 N–H and O–H groups in total. The Morgan fingerprint density at radius 3 is 2.90 bits per heavy atom. The number of pyridine rings is 1. The Balaban J connectivity index is 1.73. The highest BCUT2D eigenvalue weighted by Gasteiger charge is 2.46. The lowest BCUT2D eigenvalue weighted by Crippen LogP contribution is -2.39. The van der Waals surface area contributed by atoms with Gasteiger partial charge in [0.1, 0.15) is 0 Å². The fraction of sp³-hybridized carbons (Fsp3) is 0.600. The van der Waals surface area contributed by atoms with Crippen molar-refractivity contribution in [1.82, 2.24) is 9.47 Å². The summed E-state index contributed by atoms with van der Waals surface area (Å²) in [6.45, 7) is 4.53. The summed E-state index contributed by atoms with van der Waals surface area (Å²) in [6.07, 6.45) is 3.93. The Labute approximate surface area is 123 Å². The van der Waals surface area contributed by atoms with Crippen LogP contribution in [-0.4, -0.2) is 41.8 Å². The zero-order chi connectivity index (χ0) is 15.0. The summed E-state index contributed by atoms with van der Waals surface area (Å²) >= 11 is 0. The molecule has 2 aliphatic rings. The molecule has 6 heteroatoms. The van der Waals surface area contributed by atoms with Crippen molar-refractivity contribution >= 4 is 11.7 Å². The van der Waals surface area contributed by atoms with E-state index in [1.807, 2.05) is 11.8 Å². The molecule has 3 rings (SSSR count). The minimum atomic E-state index is -0.117. The molecule has 0 aromatic carbocycles. The van der Waals surface area contributed by atoms with Gasteiger partial charge in [0, 0.05) is 37.8 Å². The van der Waals surface area contributed by atoms with Gasteiger partial charge >= 0.3 is 6.03 Å². The van der Waals surface area contributed by atoms with Crippen molar-refractivity contribution in [2.75, 3.05) is 31.6 Å². The number of aromatic nitrogens is 1. The Hall–Kier alpha value is -1.82. The first-order valence-electron chi connectivity index (χ1n) is 7.30. The lowest BCUT2D eigenvalue weighted by atomic mass is 10.1. The molecule has 2 fully saturated rings.